The van der Waals surface area contributed by atoms with Gasteiger partial charge in [-0.2, -0.15) is 11.8 Å². The van der Waals surface area contributed by atoms with Crippen LogP contribution in [0.5, 0.6) is 0 Å². The number of para-hydroxylation sites is 1. The van der Waals surface area contributed by atoms with Gasteiger partial charge in [0.25, 0.3) is 0 Å². The molecule has 2 aromatic carbocycles. The highest BCUT2D eigenvalue weighted by Gasteiger charge is 2.16. The first-order valence-electron chi connectivity index (χ1n) is 9.11. The van der Waals surface area contributed by atoms with Gasteiger partial charge in [-0.15, -0.1) is 0 Å². The van der Waals surface area contributed by atoms with Crippen molar-refractivity contribution in [3.8, 4) is 0 Å². The van der Waals surface area contributed by atoms with Gasteiger partial charge in [0.15, 0.2) is 0 Å². The topological polar surface area (TPSA) is 27.8 Å². The lowest BCUT2D eigenvalue weighted by Gasteiger charge is -2.24. The number of benzene rings is 2. The summed E-state index contributed by atoms with van der Waals surface area (Å²) in [5.41, 5.74) is 5.37. The SMILES string of the molecule is Clc1ccc(C2=CCNC(CCSCc3c[nH]c4ccccc34)C2)cc1. The fourth-order valence-electron chi connectivity index (χ4n) is 3.53. The molecule has 0 radical (unpaired) electrons. The van der Waals surface area contributed by atoms with E-state index >= 15 is 0 Å². The minimum Gasteiger partial charge on any atom is -0.361 e. The Hall–Kier alpha value is -1.68. The molecule has 0 bridgehead atoms. The first-order chi connectivity index (χ1) is 12.8. The van der Waals surface area contributed by atoms with Crippen molar-refractivity contribution >= 4 is 39.8 Å². The molecule has 1 atom stereocenters. The standard InChI is InChI=1S/C22H23ClN2S/c23-19-7-5-16(6-8-19)17-9-11-24-20(13-17)10-12-26-15-18-14-25-22-4-2-1-3-21(18)22/h1-9,14,20,24-25H,10-13,15H2. The van der Waals surface area contributed by atoms with Crippen LogP contribution in [0, 0.1) is 0 Å². The molecule has 1 aliphatic rings. The summed E-state index contributed by atoms with van der Waals surface area (Å²) in [7, 11) is 0. The first-order valence-corrected chi connectivity index (χ1v) is 10.6. The zero-order valence-corrected chi connectivity index (χ0v) is 16.2. The van der Waals surface area contributed by atoms with Gasteiger partial charge in [-0.3, -0.25) is 0 Å². The zero-order valence-electron chi connectivity index (χ0n) is 14.7. The molecule has 4 heteroatoms. The van der Waals surface area contributed by atoms with Gasteiger partial charge in [-0.25, -0.2) is 0 Å². The van der Waals surface area contributed by atoms with Gasteiger partial charge in [0, 0.05) is 40.5 Å². The molecule has 1 aliphatic heterocycles. The Morgan fingerprint density at radius 3 is 2.81 bits per heavy atom. The van der Waals surface area contributed by atoms with Gasteiger partial charge in [0.05, 0.1) is 0 Å². The minimum absolute atomic E-state index is 0.557. The summed E-state index contributed by atoms with van der Waals surface area (Å²) in [4.78, 5) is 3.36. The number of fused-ring (bicyclic) bond motifs is 1. The van der Waals surface area contributed by atoms with Gasteiger partial charge in [0.2, 0.25) is 0 Å². The summed E-state index contributed by atoms with van der Waals surface area (Å²) in [6, 6.07) is 17.3. The van der Waals surface area contributed by atoms with Crippen LogP contribution in [-0.2, 0) is 5.75 Å². The molecule has 1 aromatic heterocycles. The summed E-state index contributed by atoms with van der Waals surface area (Å²) < 4.78 is 0. The van der Waals surface area contributed by atoms with E-state index in [1.165, 1.54) is 39.8 Å². The number of halogens is 1. The molecule has 2 heterocycles. The average Bonchev–Trinajstić information content (AvgIpc) is 3.09. The third-order valence-corrected chi connectivity index (χ3v) is 6.27. The van der Waals surface area contributed by atoms with Crippen LogP contribution in [0.3, 0.4) is 0 Å². The molecule has 0 saturated carbocycles. The highest BCUT2D eigenvalue weighted by molar-refractivity contribution is 7.98. The molecule has 0 fully saturated rings. The van der Waals surface area contributed by atoms with Gasteiger partial charge >= 0.3 is 0 Å². The maximum atomic E-state index is 6.01. The Balaban J connectivity index is 1.27. The second-order valence-electron chi connectivity index (χ2n) is 6.75. The van der Waals surface area contributed by atoms with Crippen LogP contribution in [0.2, 0.25) is 5.02 Å². The monoisotopic (exact) mass is 382 g/mol. The lowest BCUT2D eigenvalue weighted by Crippen LogP contribution is -2.33. The highest BCUT2D eigenvalue weighted by Crippen LogP contribution is 2.27. The van der Waals surface area contributed by atoms with Crippen LogP contribution in [0.15, 0.2) is 60.8 Å². The van der Waals surface area contributed by atoms with Gasteiger partial charge in [-0.05, 0) is 53.5 Å². The lowest BCUT2D eigenvalue weighted by molar-refractivity contribution is 0.525. The van der Waals surface area contributed by atoms with Crippen molar-refractivity contribution < 1.29 is 0 Å². The van der Waals surface area contributed by atoms with E-state index in [0.717, 1.165) is 23.7 Å². The number of thioether (sulfide) groups is 1. The van der Waals surface area contributed by atoms with Crippen molar-refractivity contribution in [1.29, 1.82) is 0 Å². The quantitative estimate of drug-likeness (QED) is 0.520. The predicted octanol–water partition coefficient (Wildman–Crippen LogP) is 5.89. The number of hydrogen-bond acceptors (Lipinski definition) is 2. The van der Waals surface area contributed by atoms with Gasteiger partial charge in [0.1, 0.15) is 0 Å². The second-order valence-corrected chi connectivity index (χ2v) is 8.29. The molecule has 4 rings (SSSR count). The average molecular weight is 383 g/mol. The van der Waals surface area contributed by atoms with E-state index in [4.69, 9.17) is 11.6 Å². The predicted molar refractivity (Wildman–Crippen MR) is 115 cm³/mol. The van der Waals surface area contributed by atoms with Crippen LogP contribution < -0.4 is 5.32 Å². The molecule has 2 N–H and O–H groups in total. The molecule has 26 heavy (non-hydrogen) atoms. The Kier molecular flexibility index (Phi) is 5.68. The molecule has 134 valence electrons. The summed E-state index contributed by atoms with van der Waals surface area (Å²) in [6.45, 7) is 0.954. The third-order valence-electron chi connectivity index (χ3n) is 4.98. The molecule has 3 aromatic rings. The molecule has 0 spiro atoms. The van der Waals surface area contributed by atoms with Crippen LogP contribution in [-0.4, -0.2) is 23.3 Å². The summed E-state index contributed by atoms with van der Waals surface area (Å²) in [5, 5.41) is 5.78. The van der Waals surface area contributed by atoms with Crippen LogP contribution in [0.1, 0.15) is 24.0 Å². The van der Waals surface area contributed by atoms with E-state index in [2.05, 4.69) is 59.0 Å². The fraction of sp³-hybridized carbons (Fsp3) is 0.273. The van der Waals surface area contributed by atoms with Crippen molar-refractivity contribution in [2.75, 3.05) is 12.3 Å². The van der Waals surface area contributed by atoms with Gasteiger partial charge in [-0.1, -0.05) is 48.0 Å². The largest absolute Gasteiger partial charge is 0.361 e. The molecule has 1 unspecified atom stereocenters. The maximum Gasteiger partial charge on any atom is 0.0457 e. The van der Waals surface area contributed by atoms with E-state index in [0.29, 0.717) is 6.04 Å². The number of aromatic amines is 1. The molecular formula is C22H23ClN2S. The van der Waals surface area contributed by atoms with Crippen molar-refractivity contribution in [1.82, 2.24) is 10.3 Å². The minimum atomic E-state index is 0.557. The number of rotatable bonds is 6. The van der Waals surface area contributed by atoms with E-state index in [1.807, 2.05) is 23.9 Å². The molecule has 0 saturated heterocycles. The second kappa shape index (κ2) is 8.34. The third kappa shape index (κ3) is 4.17. The Morgan fingerprint density at radius 1 is 1.08 bits per heavy atom. The Bertz CT molecular complexity index is 898. The summed E-state index contributed by atoms with van der Waals surface area (Å²) in [5.74, 6) is 2.24. The van der Waals surface area contributed by atoms with Crippen molar-refractivity contribution in [3.05, 3.63) is 77.0 Å². The molecule has 0 amide bonds. The first kappa shape index (κ1) is 17.7. The zero-order chi connectivity index (χ0) is 17.8. The van der Waals surface area contributed by atoms with Crippen molar-refractivity contribution in [2.45, 2.75) is 24.6 Å². The van der Waals surface area contributed by atoms with E-state index in [-0.39, 0.29) is 0 Å². The smallest absolute Gasteiger partial charge is 0.0457 e. The number of H-pyrrole nitrogens is 1. The summed E-state index contributed by atoms with van der Waals surface area (Å²) >= 11 is 8.03. The van der Waals surface area contributed by atoms with Crippen molar-refractivity contribution in [3.63, 3.8) is 0 Å². The molecule has 0 aliphatic carbocycles. The Labute approximate surface area is 164 Å². The van der Waals surface area contributed by atoms with Gasteiger partial charge < -0.3 is 10.3 Å². The van der Waals surface area contributed by atoms with E-state index in [1.54, 1.807) is 0 Å². The van der Waals surface area contributed by atoms with Crippen LogP contribution >= 0.6 is 23.4 Å². The number of nitrogens with one attached hydrogen (secondary N) is 2. The fourth-order valence-corrected chi connectivity index (χ4v) is 4.71. The van der Waals surface area contributed by atoms with Crippen LogP contribution in [0.4, 0.5) is 0 Å². The van der Waals surface area contributed by atoms with Crippen molar-refractivity contribution in [2.24, 2.45) is 0 Å². The maximum absolute atomic E-state index is 6.01. The van der Waals surface area contributed by atoms with E-state index in [9.17, 15) is 0 Å². The van der Waals surface area contributed by atoms with Crippen LogP contribution in [0.25, 0.3) is 16.5 Å². The molecular weight excluding hydrogens is 360 g/mol. The highest BCUT2D eigenvalue weighted by atomic mass is 35.5. The Morgan fingerprint density at radius 2 is 1.92 bits per heavy atom. The van der Waals surface area contributed by atoms with E-state index < -0.39 is 0 Å². The number of aromatic nitrogens is 1. The number of hydrogen-bond donors (Lipinski definition) is 2. The summed E-state index contributed by atoms with van der Waals surface area (Å²) in [6.07, 6.45) is 6.74. The normalized spacial score (nSPS) is 17.4. The molecule has 2 nitrogen and oxygen atoms in total. The lowest BCUT2D eigenvalue weighted by atomic mass is 9.94.